The van der Waals surface area contributed by atoms with Crippen LogP contribution in [-0.2, 0) is 26.2 Å². The SMILES string of the molecule is Cc1ccc(S(=O)(=O)N(CC(=O)N(Cc2ccc(Cl)c(Cl)c2)[C@@H](C)C(=O)NC(C)(C)C)c2cccc(Cl)c2Cl)cc1. The molecule has 0 fully saturated rings. The first-order valence-corrected chi connectivity index (χ1v) is 15.6. The van der Waals surface area contributed by atoms with Crippen LogP contribution in [0.1, 0.15) is 38.8 Å². The number of hydrogen-bond acceptors (Lipinski definition) is 4. The number of sulfonamides is 1. The summed E-state index contributed by atoms with van der Waals surface area (Å²) in [5.74, 6) is -1.07. The van der Waals surface area contributed by atoms with Gasteiger partial charge in [-0.05, 0) is 76.6 Å². The van der Waals surface area contributed by atoms with E-state index in [0.717, 1.165) is 9.87 Å². The summed E-state index contributed by atoms with van der Waals surface area (Å²) in [7, 11) is -4.30. The highest BCUT2D eigenvalue weighted by atomic mass is 35.5. The minimum absolute atomic E-state index is 0.0226. The maximum absolute atomic E-state index is 14.0. The molecule has 0 unspecified atom stereocenters. The number of halogens is 4. The van der Waals surface area contributed by atoms with E-state index < -0.39 is 40.0 Å². The fourth-order valence-corrected chi connectivity index (χ4v) is 6.12. The van der Waals surface area contributed by atoms with Crippen molar-refractivity contribution in [2.24, 2.45) is 0 Å². The van der Waals surface area contributed by atoms with Gasteiger partial charge in [0.05, 0.1) is 30.7 Å². The predicted octanol–water partition coefficient (Wildman–Crippen LogP) is 7.14. The average molecular weight is 659 g/mol. The molecule has 0 saturated carbocycles. The van der Waals surface area contributed by atoms with Crippen LogP contribution in [0.15, 0.2) is 65.6 Å². The molecule has 0 heterocycles. The summed E-state index contributed by atoms with van der Waals surface area (Å²) in [6.45, 7) is 8.15. The van der Waals surface area contributed by atoms with E-state index >= 15 is 0 Å². The van der Waals surface area contributed by atoms with E-state index in [1.54, 1.807) is 43.3 Å². The molecule has 0 saturated heterocycles. The minimum atomic E-state index is -4.30. The lowest BCUT2D eigenvalue weighted by molar-refractivity contribution is -0.140. The van der Waals surface area contributed by atoms with Crippen molar-refractivity contribution in [3.05, 3.63) is 91.9 Å². The third-order valence-corrected chi connectivity index (χ3v) is 9.41. The van der Waals surface area contributed by atoms with Crippen LogP contribution in [0.25, 0.3) is 0 Å². The molecular weight excluding hydrogens is 628 g/mol. The number of nitrogens with zero attached hydrogens (tertiary/aromatic N) is 2. The van der Waals surface area contributed by atoms with Gasteiger partial charge >= 0.3 is 0 Å². The smallest absolute Gasteiger partial charge is 0.264 e. The van der Waals surface area contributed by atoms with E-state index in [1.165, 1.54) is 29.2 Å². The molecule has 220 valence electrons. The number of benzene rings is 3. The molecule has 12 heteroatoms. The first-order chi connectivity index (χ1) is 19.0. The summed E-state index contributed by atoms with van der Waals surface area (Å²) >= 11 is 25.0. The third kappa shape index (κ3) is 8.30. The number of aryl methyl sites for hydroxylation is 1. The number of rotatable bonds is 9. The van der Waals surface area contributed by atoms with Gasteiger partial charge in [-0.1, -0.05) is 76.2 Å². The summed E-state index contributed by atoms with van der Waals surface area (Å²) in [6.07, 6.45) is 0. The van der Waals surface area contributed by atoms with E-state index in [2.05, 4.69) is 5.32 Å². The zero-order valence-corrected chi connectivity index (χ0v) is 27.1. The molecule has 0 bridgehead atoms. The lowest BCUT2D eigenvalue weighted by atomic mass is 10.1. The quantitative estimate of drug-likeness (QED) is 0.265. The van der Waals surface area contributed by atoms with Crippen LogP contribution in [-0.4, -0.2) is 43.3 Å². The Labute approximate surface area is 261 Å². The Morgan fingerprint density at radius 1 is 0.902 bits per heavy atom. The Bertz CT molecular complexity index is 1540. The van der Waals surface area contributed by atoms with E-state index in [4.69, 9.17) is 46.4 Å². The molecule has 3 aromatic rings. The van der Waals surface area contributed by atoms with Gasteiger partial charge in [0, 0.05) is 12.1 Å². The number of amides is 2. The molecule has 1 atom stereocenters. The molecule has 0 radical (unpaired) electrons. The second-order valence-electron chi connectivity index (χ2n) is 10.6. The minimum Gasteiger partial charge on any atom is -0.350 e. The monoisotopic (exact) mass is 657 g/mol. The van der Waals surface area contributed by atoms with E-state index in [-0.39, 0.29) is 32.2 Å². The van der Waals surface area contributed by atoms with Gasteiger partial charge in [0.2, 0.25) is 11.8 Å². The molecule has 3 rings (SSSR count). The van der Waals surface area contributed by atoms with Crippen LogP contribution in [0, 0.1) is 6.92 Å². The Kier molecular flexibility index (Phi) is 10.6. The molecular formula is C29H31Cl4N3O4S. The first-order valence-electron chi connectivity index (χ1n) is 12.6. The van der Waals surface area contributed by atoms with Crippen molar-refractivity contribution in [3.63, 3.8) is 0 Å². The molecule has 0 aliphatic rings. The zero-order valence-electron chi connectivity index (χ0n) is 23.2. The Morgan fingerprint density at radius 2 is 1.54 bits per heavy atom. The summed E-state index contributed by atoms with van der Waals surface area (Å²) in [4.78, 5) is 28.5. The van der Waals surface area contributed by atoms with Crippen LogP contribution in [0.2, 0.25) is 20.1 Å². The second kappa shape index (κ2) is 13.2. The molecule has 1 N–H and O–H groups in total. The van der Waals surface area contributed by atoms with Gasteiger partial charge in [-0.15, -0.1) is 0 Å². The average Bonchev–Trinajstić information content (AvgIpc) is 2.88. The lowest BCUT2D eigenvalue weighted by Crippen LogP contribution is -2.54. The highest BCUT2D eigenvalue weighted by Gasteiger charge is 2.34. The van der Waals surface area contributed by atoms with Crippen molar-refractivity contribution in [2.45, 2.75) is 57.6 Å². The standard InChI is InChI=1S/C29H31Cl4N3O4S/c1-18-9-12-21(13-10-18)41(39,40)36(25-8-6-7-23(31)27(25)33)17-26(37)35(19(2)28(38)34-29(3,4)5)16-20-11-14-22(30)24(32)15-20/h6-15,19H,16-17H2,1-5H3,(H,34,38)/t19-/m0/s1. The van der Waals surface area contributed by atoms with E-state index in [9.17, 15) is 18.0 Å². The molecule has 2 amide bonds. The van der Waals surface area contributed by atoms with Crippen LogP contribution < -0.4 is 9.62 Å². The van der Waals surface area contributed by atoms with Crippen molar-refractivity contribution in [1.29, 1.82) is 0 Å². The van der Waals surface area contributed by atoms with Gasteiger partial charge in [0.25, 0.3) is 10.0 Å². The predicted molar refractivity (Wildman–Crippen MR) is 167 cm³/mol. The van der Waals surface area contributed by atoms with Gasteiger partial charge in [-0.2, -0.15) is 0 Å². The maximum atomic E-state index is 14.0. The molecule has 7 nitrogen and oxygen atoms in total. The van der Waals surface area contributed by atoms with E-state index in [0.29, 0.717) is 10.6 Å². The number of anilines is 1. The molecule has 41 heavy (non-hydrogen) atoms. The highest BCUT2D eigenvalue weighted by Crippen LogP contribution is 2.35. The van der Waals surface area contributed by atoms with Gasteiger partial charge in [0.1, 0.15) is 12.6 Å². The zero-order chi connectivity index (χ0) is 30.7. The van der Waals surface area contributed by atoms with Gasteiger partial charge < -0.3 is 10.2 Å². The van der Waals surface area contributed by atoms with Crippen LogP contribution in [0.4, 0.5) is 5.69 Å². The Morgan fingerprint density at radius 3 is 2.12 bits per heavy atom. The number of carbonyl (C=O) groups excluding carboxylic acids is 2. The number of hydrogen-bond donors (Lipinski definition) is 1. The van der Waals surface area contributed by atoms with Gasteiger partial charge in [0.15, 0.2) is 0 Å². The topological polar surface area (TPSA) is 86.8 Å². The molecule has 0 aromatic heterocycles. The van der Waals surface area contributed by atoms with Crippen molar-refractivity contribution >= 4 is 73.9 Å². The van der Waals surface area contributed by atoms with Crippen LogP contribution in [0.5, 0.6) is 0 Å². The largest absolute Gasteiger partial charge is 0.350 e. The lowest BCUT2D eigenvalue weighted by Gasteiger charge is -2.33. The fraction of sp³-hybridized carbons (Fsp3) is 0.310. The Hall–Kier alpha value is -2.49. The van der Waals surface area contributed by atoms with Crippen molar-refractivity contribution in [3.8, 4) is 0 Å². The number of carbonyl (C=O) groups is 2. The summed E-state index contributed by atoms with van der Waals surface area (Å²) in [6, 6.07) is 14.6. The molecule has 0 aliphatic carbocycles. The van der Waals surface area contributed by atoms with Crippen molar-refractivity contribution in [1.82, 2.24) is 10.2 Å². The molecule has 3 aromatic carbocycles. The van der Waals surface area contributed by atoms with Crippen LogP contribution in [0.3, 0.4) is 0 Å². The van der Waals surface area contributed by atoms with Crippen molar-refractivity contribution < 1.29 is 18.0 Å². The molecule has 0 aliphatic heterocycles. The van der Waals surface area contributed by atoms with Crippen LogP contribution >= 0.6 is 46.4 Å². The summed E-state index contributed by atoms with van der Waals surface area (Å²) in [5, 5.41) is 3.56. The first kappa shape index (κ1) is 33.0. The van der Waals surface area contributed by atoms with Crippen molar-refractivity contribution in [2.75, 3.05) is 10.8 Å². The normalized spacial score (nSPS) is 12.5. The summed E-state index contributed by atoms with van der Waals surface area (Å²) in [5.41, 5.74) is 0.906. The fourth-order valence-electron chi connectivity index (χ4n) is 3.93. The number of nitrogens with one attached hydrogen (secondary N) is 1. The van der Waals surface area contributed by atoms with Gasteiger partial charge in [-0.3, -0.25) is 13.9 Å². The highest BCUT2D eigenvalue weighted by molar-refractivity contribution is 7.92. The second-order valence-corrected chi connectivity index (χ2v) is 14.0. The maximum Gasteiger partial charge on any atom is 0.264 e. The molecule has 0 spiro atoms. The Balaban J connectivity index is 2.10. The third-order valence-electron chi connectivity index (χ3n) is 6.09. The summed E-state index contributed by atoms with van der Waals surface area (Å²) < 4.78 is 28.8. The van der Waals surface area contributed by atoms with Gasteiger partial charge in [-0.25, -0.2) is 8.42 Å². The van der Waals surface area contributed by atoms with E-state index in [1.807, 2.05) is 27.7 Å².